The molecule has 4 amide bonds. The van der Waals surface area contributed by atoms with Gasteiger partial charge in [-0.25, -0.2) is 31.0 Å². The number of hydrogen-bond donors (Lipinski definition) is 3. The van der Waals surface area contributed by atoms with Gasteiger partial charge in [0.25, 0.3) is 17.4 Å². The molecule has 4 heterocycles. The monoisotopic (exact) mass is 1180 g/mol. The number of aromatic amines is 1. The number of rotatable bonds is 22. The minimum atomic E-state index is -3.63. The third-order valence-corrected chi connectivity index (χ3v) is 15.2. The van der Waals surface area contributed by atoms with Gasteiger partial charge in [-0.2, -0.15) is 5.26 Å². The van der Waals surface area contributed by atoms with E-state index in [0.717, 1.165) is 21.9 Å². The number of pyridine rings is 2. The summed E-state index contributed by atoms with van der Waals surface area (Å²) in [6.07, 6.45) is 3.02. The number of aryl methyl sites for hydroxylation is 1. The first kappa shape index (κ1) is 58.8. The zero-order chi connectivity index (χ0) is 59.2. The van der Waals surface area contributed by atoms with Crippen LogP contribution in [0.1, 0.15) is 36.9 Å². The highest BCUT2D eigenvalue weighted by Crippen LogP contribution is 2.41. The lowest BCUT2D eigenvalue weighted by atomic mass is 9.87. The van der Waals surface area contributed by atoms with Crippen LogP contribution in [0.4, 0.5) is 34.8 Å². The van der Waals surface area contributed by atoms with Crippen LogP contribution in [0, 0.1) is 23.0 Å². The Morgan fingerprint density at radius 1 is 0.916 bits per heavy atom. The lowest BCUT2D eigenvalue weighted by Gasteiger charge is -2.43. The lowest BCUT2D eigenvalue weighted by molar-refractivity contribution is -0.143. The molecular weight excluding hydrogens is 1130 g/mol. The molecule has 0 spiro atoms. The Hall–Kier alpha value is -8.83. The Labute approximate surface area is 477 Å². The van der Waals surface area contributed by atoms with Gasteiger partial charge in [0, 0.05) is 89.4 Å². The van der Waals surface area contributed by atoms with E-state index in [1.54, 1.807) is 68.0 Å². The fourth-order valence-corrected chi connectivity index (χ4v) is 10.4. The lowest BCUT2D eigenvalue weighted by Crippen LogP contribution is -2.65. The molecule has 0 radical (unpaired) electrons. The van der Waals surface area contributed by atoms with Gasteiger partial charge < -0.3 is 38.7 Å². The number of aromatic nitrogens is 3. The first-order valence-electron chi connectivity index (χ1n) is 25.8. The molecule has 7 aromatic rings. The van der Waals surface area contributed by atoms with Crippen molar-refractivity contribution in [1.82, 2.24) is 24.8 Å². The molecule has 432 valence electrons. The van der Waals surface area contributed by atoms with Gasteiger partial charge in [0.05, 0.1) is 49.4 Å². The standard InChI is InChI=1S/C57H52ClF4N9O11S/c1-3-83(77,78)67-37-11-12-48(44(25-37)45-30-68(2)56(76)52-42(45)14-16-65-52)82-41-8-6-7-40(26-41)81-20-19-79-17-18-80-33-51(73)69-31-47(71(50(72)32-69)49-21-34(29-63)13-15-64-49)55(75)70(39-23-35(59)22-36(60)24-39)53(43-9-4-5-10-46(43)58)54(74)66-38-27-57(61,62)28-38/h4-16,21-26,30,38,47,53,65,67H,3,17-20,27-28,31-33H2,1-2H3,(H,66,74)/t47?,53-/m0/s1. The van der Waals surface area contributed by atoms with Crippen LogP contribution in [0.2, 0.25) is 5.02 Å². The van der Waals surface area contributed by atoms with Gasteiger partial charge in [-0.1, -0.05) is 35.9 Å². The van der Waals surface area contributed by atoms with Gasteiger partial charge in [-0.05, 0) is 73.7 Å². The van der Waals surface area contributed by atoms with Crippen LogP contribution < -0.4 is 34.9 Å². The number of fused-ring (bicyclic) bond motifs is 1. The highest BCUT2D eigenvalue weighted by molar-refractivity contribution is 7.92. The van der Waals surface area contributed by atoms with Crippen LogP contribution in [0.5, 0.6) is 17.2 Å². The highest BCUT2D eigenvalue weighted by Gasteiger charge is 2.49. The molecule has 3 N–H and O–H groups in total. The summed E-state index contributed by atoms with van der Waals surface area (Å²) >= 11 is 6.63. The van der Waals surface area contributed by atoms with E-state index in [1.807, 2.05) is 6.07 Å². The summed E-state index contributed by atoms with van der Waals surface area (Å²) in [5.74, 6) is -8.56. The number of piperazine rings is 1. The maximum Gasteiger partial charge on any atom is 0.274 e. The first-order valence-corrected chi connectivity index (χ1v) is 27.8. The van der Waals surface area contributed by atoms with Crippen LogP contribution in [0.3, 0.4) is 0 Å². The normalized spacial score (nSPS) is 15.5. The molecule has 2 atom stereocenters. The summed E-state index contributed by atoms with van der Waals surface area (Å²) in [6, 6.07) is 20.7. The number of nitriles is 1. The summed E-state index contributed by atoms with van der Waals surface area (Å²) in [4.78, 5) is 80.6. The van der Waals surface area contributed by atoms with Gasteiger partial charge in [-0.3, -0.25) is 38.5 Å². The van der Waals surface area contributed by atoms with Gasteiger partial charge in [0.2, 0.25) is 27.7 Å². The molecule has 2 fully saturated rings. The van der Waals surface area contributed by atoms with Crippen molar-refractivity contribution in [3.8, 4) is 34.4 Å². The number of halogens is 5. The average Bonchev–Trinajstić information content (AvgIpc) is 4.17. The predicted molar refractivity (Wildman–Crippen MR) is 297 cm³/mol. The molecule has 26 heteroatoms. The van der Waals surface area contributed by atoms with Crippen molar-refractivity contribution in [2.24, 2.45) is 7.05 Å². The van der Waals surface area contributed by atoms with Crippen LogP contribution in [-0.4, -0.2) is 121 Å². The van der Waals surface area contributed by atoms with Crippen molar-refractivity contribution in [1.29, 1.82) is 5.26 Å². The van der Waals surface area contributed by atoms with E-state index < -0.39 is 108 Å². The molecule has 83 heavy (non-hydrogen) atoms. The zero-order valence-corrected chi connectivity index (χ0v) is 45.9. The van der Waals surface area contributed by atoms with Gasteiger partial charge in [-0.15, -0.1) is 0 Å². The molecular formula is C57H52ClF4N9O11S. The molecule has 4 aromatic carbocycles. The van der Waals surface area contributed by atoms with Crippen LogP contribution in [0.25, 0.3) is 22.0 Å². The number of amides is 4. The van der Waals surface area contributed by atoms with E-state index in [0.29, 0.717) is 50.2 Å². The Bertz CT molecular complexity index is 3820. The summed E-state index contributed by atoms with van der Waals surface area (Å²) in [5, 5.41) is 12.7. The van der Waals surface area contributed by atoms with E-state index in [-0.39, 0.29) is 65.4 Å². The van der Waals surface area contributed by atoms with Gasteiger partial charge >= 0.3 is 0 Å². The quantitative estimate of drug-likeness (QED) is 0.0437. The topological polar surface area (TPSA) is 248 Å². The molecule has 9 rings (SSSR count). The maximum absolute atomic E-state index is 15.4. The first-order chi connectivity index (χ1) is 39.7. The van der Waals surface area contributed by atoms with E-state index in [9.17, 15) is 41.6 Å². The molecule has 0 bridgehead atoms. The van der Waals surface area contributed by atoms with Crippen molar-refractivity contribution >= 4 is 73.3 Å². The number of hydrogen-bond acceptors (Lipinski definition) is 13. The molecule has 2 aliphatic rings. The second-order valence-electron chi connectivity index (χ2n) is 19.3. The molecule has 3 aromatic heterocycles. The third kappa shape index (κ3) is 13.8. The molecule has 1 saturated heterocycles. The van der Waals surface area contributed by atoms with E-state index >= 15 is 13.6 Å². The minimum absolute atomic E-state index is 0.0235. The number of benzene rings is 4. The number of sulfonamides is 1. The Kier molecular flexibility index (Phi) is 17.8. The number of carbonyl (C=O) groups excluding carboxylic acids is 4. The Balaban J connectivity index is 0.856. The number of H-pyrrole nitrogens is 1. The summed E-state index contributed by atoms with van der Waals surface area (Å²) < 4.78 is 111. The maximum atomic E-state index is 15.4. The second-order valence-corrected chi connectivity index (χ2v) is 21.7. The number of nitrogens with zero attached hydrogens (tertiary/aromatic N) is 6. The third-order valence-electron chi connectivity index (χ3n) is 13.5. The van der Waals surface area contributed by atoms with E-state index in [1.165, 1.54) is 54.1 Å². The minimum Gasteiger partial charge on any atom is -0.491 e. The van der Waals surface area contributed by atoms with E-state index in [4.69, 9.17) is 30.5 Å². The van der Waals surface area contributed by atoms with Crippen LogP contribution in [-0.2, 0) is 45.7 Å². The highest BCUT2D eigenvalue weighted by atomic mass is 35.5. The zero-order valence-electron chi connectivity index (χ0n) is 44.3. The van der Waals surface area contributed by atoms with Crippen molar-refractivity contribution < 1.29 is 64.1 Å². The van der Waals surface area contributed by atoms with Gasteiger partial charge in [0.15, 0.2) is 0 Å². The average molecular weight is 1180 g/mol. The number of alkyl halides is 2. The molecule has 1 aliphatic carbocycles. The number of nitrogens with one attached hydrogen (secondary N) is 3. The second kappa shape index (κ2) is 25.1. The molecule has 1 saturated carbocycles. The summed E-state index contributed by atoms with van der Waals surface area (Å²) in [6.45, 7) is -0.357. The fourth-order valence-electron chi connectivity index (χ4n) is 9.51. The smallest absolute Gasteiger partial charge is 0.274 e. The number of ether oxygens (including phenoxy) is 4. The Morgan fingerprint density at radius 2 is 1.65 bits per heavy atom. The SMILES string of the molecule is CCS(=O)(=O)Nc1ccc(Oc2cccc(OCCOCCOCC(=O)N3CC(=O)N(c4cc(C#N)ccn4)C(C(=O)N(c4cc(F)cc(F)c4)[C@H](C(=O)NC4CC(F)(F)C4)c4ccccc4Cl)C3)c2)c(-c2cn(C)c(=O)c3[nH]ccc23)c1. The molecule has 1 aliphatic heterocycles. The molecule has 1 unspecified atom stereocenters. The van der Waals surface area contributed by atoms with Crippen molar-refractivity contribution in [3.05, 3.63) is 160 Å². The number of carbonyl (C=O) groups is 4. The fraction of sp³-hybridized carbons (Fsp3) is 0.281. The van der Waals surface area contributed by atoms with Gasteiger partial charge in [0.1, 0.15) is 72.1 Å². The van der Waals surface area contributed by atoms with Crippen LogP contribution >= 0.6 is 11.6 Å². The summed E-state index contributed by atoms with van der Waals surface area (Å²) in [7, 11) is -2.03. The Morgan fingerprint density at radius 3 is 2.39 bits per heavy atom. The van der Waals surface area contributed by atoms with E-state index in [2.05, 4.69) is 20.0 Å². The van der Waals surface area contributed by atoms with Crippen LogP contribution in [0.15, 0.2) is 127 Å². The summed E-state index contributed by atoms with van der Waals surface area (Å²) in [5.41, 5.74) is 0.881. The largest absolute Gasteiger partial charge is 0.491 e. The van der Waals surface area contributed by atoms with Crippen molar-refractivity contribution in [2.75, 3.05) is 66.4 Å². The molecule has 20 nitrogen and oxygen atoms in total. The predicted octanol–water partition coefficient (Wildman–Crippen LogP) is 7.63. The van der Waals surface area contributed by atoms with Crippen molar-refractivity contribution in [3.63, 3.8) is 0 Å². The number of anilines is 3. The van der Waals surface area contributed by atoms with Crippen molar-refractivity contribution in [2.45, 2.75) is 43.8 Å².